The summed E-state index contributed by atoms with van der Waals surface area (Å²) in [4.78, 5) is 18.9. The summed E-state index contributed by atoms with van der Waals surface area (Å²) < 4.78 is 33.2. The molecule has 9 heteroatoms. The van der Waals surface area contributed by atoms with Gasteiger partial charge < -0.3 is 14.2 Å². The molecule has 0 spiro atoms. The first-order valence-corrected chi connectivity index (χ1v) is 15.1. The van der Waals surface area contributed by atoms with Gasteiger partial charge in [-0.3, -0.25) is 4.79 Å². The first kappa shape index (κ1) is 30.9. The molecule has 1 heterocycles. The predicted molar refractivity (Wildman–Crippen MR) is 176 cm³/mol. The standard InChI is InChI=1S/C35H33BrFN3O4/c1-6-43-31-15-22(4)29(18-28(31)21(2)3)34-39-30-10-8-7-9-27(30)35(41)40(34)38-19-24-16-25(36)17-32(42-5)33(24)44-20-23-11-13-26(37)14-12-23/h7-19,21H,6,20H2,1-5H3. The van der Waals surface area contributed by atoms with E-state index >= 15 is 0 Å². The van der Waals surface area contributed by atoms with Crippen molar-refractivity contribution in [2.75, 3.05) is 13.7 Å². The molecule has 1 aromatic heterocycles. The van der Waals surface area contributed by atoms with Crippen molar-refractivity contribution in [3.8, 4) is 28.6 Å². The molecule has 0 aliphatic heterocycles. The topological polar surface area (TPSA) is 74.9 Å². The van der Waals surface area contributed by atoms with Gasteiger partial charge in [0.15, 0.2) is 17.3 Å². The third-order valence-corrected chi connectivity index (χ3v) is 7.61. The first-order chi connectivity index (χ1) is 21.2. The van der Waals surface area contributed by atoms with Crippen LogP contribution >= 0.6 is 15.9 Å². The van der Waals surface area contributed by atoms with E-state index in [0.29, 0.717) is 40.4 Å². The minimum Gasteiger partial charge on any atom is -0.494 e. The molecule has 7 nitrogen and oxygen atoms in total. The molecule has 0 atom stereocenters. The van der Waals surface area contributed by atoms with Gasteiger partial charge in [-0.05, 0) is 85.0 Å². The molecule has 0 N–H and O–H groups in total. The van der Waals surface area contributed by atoms with E-state index in [2.05, 4.69) is 29.8 Å². The zero-order chi connectivity index (χ0) is 31.4. The lowest BCUT2D eigenvalue weighted by Crippen LogP contribution is -2.21. The van der Waals surface area contributed by atoms with Gasteiger partial charge in [0.25, 0.3) is 5.56 Å². The monoisotopic (exact) mass is 657 g/mol. The van der Waals surface area contributed by atoms with Crippen LogP contribution < -0.4 is 19.8 Å². The average Bonchev–Trinajstić information content (AvgIpc) is 3.00. The number of aromatic nitrogens is 2. The summed E-state index contributed by atoms with van der Waals surface area (Å²) in [6.07, 6.45) is 1.56. The Morgan fingerprint density at radius 2 is 1.77 bits per heavy atom. The highest BCUT2D eigenvalue weighted by molar-refractivity contribution is 9.10. The van der Waals surface area contributed by atoms with Crippen molar-refractivity contribution in [3.05, 3.63) is 116 Å². The van der Waals surface area contributed by atoms with Crippen molar-refractivity contribution in [3.63, 3.8) is 0 Å². The molecule has 0 saturated carbocycles. The third kappa shape index (κ3) is 6.53. The number of halogens is 2. The highest BCUT2D eigenvalue weighted by Crippen LogP contribution is 2.36. The Bertz CT molecular complexity index is 1900. The fourth-order valence-electron chi connectivity index (χ4n) is 4.92. The maximum atomic E-state index is 13.9. The maximum absolute atomic E-state index is 13.9. The number of rotatable bonds is 10. The largest absolute Gasteiger partial charge is 0.494 e. The molecule has 0 aliphatic carbocycles. The molecule has 0 saturated heterocycles. The molecule has 5 rings (SSSR count). The Kier molecular flexibility index (Phi) is 9.44. The molecule has 0 aliphatic rings. The highest BCUT2D eigenvalue weighted by Gasteiger charge is 2.19. The molecule has 0 radical (unpaired) electrons. The van der Waals surface area contributed by atoms with Crippen LogP contribution in [-0.2, 0) is 6.61 Å². The van der Waals surface area contributed by atoms with E-state index in [1.54, 1.807) is 43.7 Å². The van der Waals surface area contributed by atoms with Crippen LogP contribution in [0.15, 0.2) is 87.2 Å². The predicted octanol–water partition coefficient (Wildman–Crippen LogP) is 8.27. The summed E-state index contributed by atoms with van der Waals surface area (Å²) in [7, 11) is 1.55. The van der Waals surface area contributed by atoms with Crippen LogP contribution in [0, 0.1) is 12.7 Å². The number of hydrogen-bond donors (Lipinski definition) is 0. The van der Waals surface area contributed by atoms with Crippen molar-refractivity contribution in [2.45, 2.75) is 40.2 Å². The van der Waals surface area contributed by atoms with Gasteiger partial charge >= 0.3 is 0 Å². The fourth-order valence-corrected chi connectivity index (χ4v) is 5.38. The minimum atomic E-state index is -0.323. The van der Waals surface area contributed by atoms with Crippen molar-refractivity contribution >= 4 is 33.0 Å². The molecular formula is C35H33BrFN3O4. The highest BCUT2D eigenvalue weighted by atomic mass is 79.9. The SMILES string of the molecule is CCOc1cc(C)c(-c2nc3ccccc3c(=O)n2N=Cc2cc(Br)cc(OC)c2OCc2ccc(F)cc2)cc1C(C)C. The lowest BCUT2D eigenvalue weighted by molar-refractivity contribution is 0.284. The number of benzene rings is 4. The van der Waals surface area contributed by atoms with Gasteiger partial charge in [0, 0.05) is 15.6 Å². The van der Waals surface area contributed by atoms with E-state index in [1.807, 2.05) is 44.2 Å². The zero-order valence-corrected chi connectivity index (χ0v) is 26.8. The summed E-state index contributed by atoms with van der Waals surface area (Å²) in [6, 6.07) is 20.9. The van der Waals surface area contributed by atoms with Crippen LogP contribution in [0.3, 0.4) is 0 Å². The number of fused-ring (bicyclic) bond motifs is 1. The zero-order valence-electron chi connectivity index (χ0n) is 25.2. The number of para-hydroxylation sites is 1. The molecule has 0 fully saturated rings. The van der Waals surface area contributed by atoms with Gasteiger partial charge in [0.1, 0.15) is 18.2 Å². The normalized spacial score (nSPS) is 11.5. The van der Waals surface area contributed by atoms with Crippen LogP contribution in [0.25, 0.3) is 22.3 Å². The Labute approximate surface area is 264 Å². The maximum Gasteiger partial charge on any atom is 0.282 e. The molecule has 0 unspecified atom stereocenters. The molecule has 44 heavy (non-hydrogen) atoms. The lowest BCUT2D eigenvalue weighted by Gasteiger charge is -2.18. The second-order valence-electron chi connectivity index (χ2n) is 10.5. The molecule has 0 amide bonds. The second kappa shape index (κ2) is 13.4. The van der Waals surface area contributed by atoms with Crippen molar-refractivity contribution in [1.82, 2.24) is 9.66 Å². The number of hydrogen-bond acceptors (Lipinski definition) is 6. The summed E-state index contributed by atoms with van der Waals surface area (Å²) in [5.74, 6) is 1.96. The van der Waals surface area contributed by atoms with E-state index < -0.39 is 0 Å². The van der Waals surface area contributed by atoms with Gasteiger partial charge in [-0.2, -0.15) is 9.78 Å². The fraction of sp³-hybridized carbons (Fsp3) is 0.229. The lowest BCUT2D eigenvalue weighted by atomic mass is 9.96. The first-order valence-electron chi connectivity index (χ1n) is 14.3. The third-order valence-electron chi connectivity index (χ3n) is 7.15. The van der Waals surface area contributed by atoms with Crippen LogP contribution in [0.2, 0.25) is 0 Å². The number of methoxy groups -OCH3 is 1. The molecule has 4 aromatic carbocycles. The van der Waals surface area contributed by atoms with E-state index in [4.69, 9.17) is 24.3 Å². The molecule has 226 valence electrons. The van der Waals surface area contributed by atoms with Gasteiger partial charge in [-0.15, -0.1) is 0 Å². The molecule has 0 bridgehead atoms. The van der Waals surface area contributed by atoms with Crippen molar-refractivity contribution < 1.29 is 18.6 Å². The minimum absolute atomic E-state index is 0.172. The van der Waals surface area contributed by atoms with E-state index in [9.17, 15) is 9.18 Å². The Morgan fingerprint density at radius 3 is 2.48 bits per heavy atom. The van der Waals surface area contributed by atoms with Crippen molar-refractivity contribution in [1.29, 1.82) is 0 Å². The smallest absolute Gasteiger partial charge is 0.282 e. The van der Waals surface area contributed by atoms with Crippen LogP contribution in [-0.4, -0.2) is 29.6 Å². The number of ether oxygens (including phenoxy) is 3. The van der Waals surface area contributed by atoms with Gasteiger partial charge in [0.2, 0.25) is 0 Å². The number of nitrogens with zero attached hydrogens (tertiary/aromatic N) is 3. The summed E-state index contributed by atoms with van der Waals surface area (Å²) >= 11 is 3.54. The second-order valence-corrected chi connectivity index (χ2v) is 11.5. The van der Waals surface area contributed by atoms with Crippen LogP contribution in [0.1, 0.15) is 48.9 Å². The van der Waals surface area contributed by atoms with E-state index in [1.165, 1.54) is 16.8 Å². The molecule has 5 aromatic rings. The van der Waals surface area contributed by atoms with Gasteiger partial charge in [-0.1, -0.05) is 54.0 Å². The van der Waals surface area contributed by atoms with E-state index in [-0.39, 0.29) is 23.9 Å². The average molecular weight is 659 g/mol. The van der Waals surface area contributed by atoms with Crippen LogP contribution in [0.5, 0.6) is 17.2 Å². The van der Waals surface area contributed by atoms with Crippen molar-refractivity contribution in [2.24, 2.45) is 5.10 Å². The summed E-state index contributed by atoms with van der Waals surface area (Å²) in [5, 5.41) is 5.15. The van der Waals surface area contributed by atoms with E-state index in [0.717, 1.165) is 32.5 Å². The molecular weight excluding hydrogens is 625 g/mol. The van der Waals surface area contributed by atoms with Crippen LogP contribution in [0.4, 0.5) is 4.39 Å². The summed E-state index contributed by atoms with van der Waals surface area (Å²) in [5.41, 5.74) is 4.30. The quantitative estimate of drug-likeness (QED) is 0.141. The Balaban J connectivity index is 1.67. The number of aryl methyl sites for hydroxylation is 1. The summed E-state index contributed by atoms with van der Waals surface area (Å²) in [6.45, 7) is 8.85. The Hall–Kier alpha value is -4.50. The van der Waals surface area contributed by atoms with Gasteiger partial charge in [0.05, 0.1) is 30.8 Å². The van der Waals surface area contributed by atoms with Gasteiger partial charge in [-0.25, -0.2) is 9.37 Å². The Morgan fingerprint density at radius 1 is 1.02 bits per heavy atom.